The second-order valence-corrected chi connectivity index (χ2v) is 5.94. The van der Waals surface area contributed by atoms with Crippen molar-refractivity contribution in [3.8, 4) is 0 Å². The van der Waals surface area contributed by atoms with E-state index in [4.69, 9.17) is 4.42 Å². The highest BCUT2D eigenvalue weighted by Crippen LogP contribution is 2.22. The van der Waals surface area contributed by atoms with E-state index in [1.54, 1.807) is 27.3 Å². The predicted molar refractivity (Wildman–Crippen MR) is 97.5 cm³/mol. The molecule has 0 saturated heterocycles. The van der Waals surface area contributed by atoms with Gasteiger partial charge in [-0.15, -0.1) is 24.0 Å². The average Bonchev–Trinajstić information content (AvgIpc) is 2.87. The number of amides is 1. The van der Waals surface area contributed by atoms with Crippen molar-refractivity contribution < 1.29 is 9.21 Å². The van der Waals surface area contributed by atoms with Crippen molar-refractivity contribution in [2.24, 2.45) is 4.99 Å². The highest BCUT2D eigenvalue weighted by atomic mass is 127. The number of nitrogens with zero attached hydrogens (tertiary/aromatic N) is 3. The van der Waals surface area contributed by atoms with Crippen molar-refractivity contribution >= 4 is 35.8 Å². The lowest BCUT2D eigenvalue weighted by molar-refractivity contribution is -0.127. The van der Waals surface area contributed by atoms with Gasteiger partial charge in [0.2, 0.25) is 11.8 Å². The van der Waals surface area contributed by atoms with Gasteiger partial charge in [-0.2, -0.15) is 0 Å². The molecule has 1 heterocycles. The Kier molecular flexibility index (Phi) is 8.43. The molecule has 0 aliphatic carbocycles. The average molecular weight is 423 g/mol. The molecule has 1 aromatic heterocycles. The van der Waals surface area contributed by atoms with Crippen molar-refractivity contribution in [1.29, 1.82) is 0 Å². The molecule has 0 aliphatic heterocycles. The van der Waals surface area contributed by atoms with Crippen LogP contribution in [0.15, 0.2) is 15.6 Å². The van der Waals surface area contributed by atoms with Crippen LogP contribution in [-0.4, -0.2) is 49.4 Å². The minimum absolute atomic E-state index is 0. The zero-order valence-corrected chi connectivity index (χ0v) is 16.4. The number of hydrogen-bond donors (Lipinski definition) is 2. The first kappa shape index (κ1) is 20.7. The van der Waals surface area contributed by atoms with Crippen LogP contribution in [0.1, 0.15) is 32.4 Å². The molecule has 0 aliphatic rings. The summed E-state index contributed by atoms with van der Waals surface area (Å²) in [6.45, 7) is 6.80. The van der Waals surface area contributed by atoms with E-state index in [-0.39, 0.29) is 41.8 Å². The van der Waals surface area contributed by atoms with Crippen molar-refractivity contribution in [3.63, 3.8) is 0 Å². The van der Waals surface area contributed by atoms with Crippen LogP contribution in [0.4, 0.5) is 0 Å². The van der Waals surface area contributed by atoms with Crippen molar-refractivity contribution in [3.05, 3.63) is 17.8 Å². The number of carbonyl (C=O) groups excluding carboxylic acids is 1. The lowest BCUT2D eigenvalue weighted by Crippen LogP contribution is -2.42. The summed E-state index contributed by atoms with van der Waals surface area (Å²) in [6, 6.07) is 0. The molecule has 0 radical (unpaired) electrons. The minimum atomic E-state index is -0.0662. The highest BCUT2D eigenvalue weighted by Gasteiger charge is 2.19. The standard InChI is InChI=1S/C14H25N5O2.HI/c1-14(2,3)10-7-16-11(21-10)8-17-13(15-4)18-9-12(20)19(5)6;/h7H,8-9H2,1-6H3,(H2,15,17,18);1H. The Hall–Kier alpha value is -1.32. The molecule has 1 amide bonds. The normalized spacial score (nSPS) is 11.6. The Morgan fingerprint density at radius 3 is 2.45 bits per heavy atom. The van der Waals surface area contributed by atoms with Crippen molar-refractivity contribution in [2.45, 2.75) is 32.7 Å². The van der Waals surface area contributed by atoms with E-state index in [9.17, 15) is 4.79 Å². The molecule has 1 aromatic rings. The van der Waals surface area contributed by atoms with Gasteiger partial charge in [-0.05, 0) is 0 Å². The lowest BCUT2D eigenvalue weighted by atomic mass is 9.94. The molecule has 0 aromatic carbocycles. The highest BCUT2D eigenvalue weighted by molar-refractivity contribution is 14.0. The second kappa shape index (κ2) is 8.96. The third kappa shape index (κ3) is 6.63. The monoisotopic (exact) mass is 423 g/mol. The van der Waals surface area contributed by atoms with Crippen molar-refractivity contribution in [1.82, 2.24) is 20.5 Å². The molecule has 0 atom stereocenters. The molecule has 0 unspecified atom stereocenters. The maximum absolute atomic E-state index is 11.5. The van der Waals surface area contributed by atoms with E-state index in [0.717, 1.165) is 5.76 Å². The number of carbonyl (C=O) groups is 1. The maximum atomic E-state index is 11.5. The number of halogens is 1. The number of rotatable bonds is 4. The zero-order chi connectivity index (χ0) is 16.0. The fraction of sp³-hybridized carbons (Fsp3) is 0.643. The fourth-order valence-electron chi connectivity index (χ4n) is 1.44. The van der Waals surface area contributed by atoms with Crippen LogP contribution in [0.2, 0.25) is 0 Å². The molecular formula is C14H26IN5O2. The quantitative estimate of drug-likeness (QED) is 0.434. The summed E-state index contributed by atoms with van der Waals surface area (Å²) in [5, 5.41) is 5.99. The zero-order valence-electron chi connectivity index (χ0n) is 14.1. The number of likely N-dealkylation sites (N-methyl/N-ethyl adjacent to an activating group) is 1. The SMILES string of the molecule is CN=C(NCC(=O)N(C)C)NCc1ncc(C(C)(C)C)o1.I. The smallest absolute Gasteiger partial charge is 0.241 e. The van der Waals surface area contributed by atoms with Gasteiger partial charge in [0.15, 0.2) is 5.96 Å². The molecule has 2 N–H and O–H groups in total. The maximum Gasteiger partial charge on any atom is 0.241 e. The van der Waals surface area contributed by atoms with Crippen LogP contribution in [0.3, 0.4) is 0 Å². The van der Waals surface area contributed by atoms with E-state index in [1.165, 1.54) is 4.90 Å². The molecular weight excluding hydrogens is 397 g/mol. The first-order chi connectivity index (χ1) is 9.74. The molecule has 0 spiro atoms. The van der Waals surface area contributed by atoms with Gasteiger partial charge in [0.25, 0.3) is 0 Å². The third-order valence-electron chi connectivity index (χ3n) is 2.83. The summed E-state index contributed by atoms with van der Waals surface area (Å²) >= 11 is 0. The van der Waals surface area contributed by atoms with Crippen LogP contribution in [0.25, 0.3) is 0 Å². The molecule has 22 heavy (non-hydrogen) atoms. The summed E-state index contributed by atoms with van der Waals surface area (Å²) in [5.41, 5.74) is -0.0662. The van der Waals surface area contributed by atoms with E-state index >= 15 is 0 Å². The predicted octanol–water partition coefficient (Wildman–Crippen LogP) is 1.34. The molecule has 126 valence electrons. The summed E-state index contributed by atoms with van der Waals surface area (Å²) in [4.78, 5) is 21.3. The molecule has 7 nitrogen and oxygen atoms in total. The van der Waals surface area contributed by atoms with Gasteiger partial charge in [-0.1, -0.05) is 20.8 Å². The first-order valence-corrected chi connectivity index (χ1v) is 6.84. The van der Waals surface area contributed by atoms with Crippen LogP contribution in [-0.2, 0) is 16.8 Å². The number of hydrogen-bond acceptors (Lipinski definition) is 4. The Bertz CT molecular complexity index is 506. The topological polar surface area (TPSA) is 82.8 Å². The Morgan fingerprint density at radius 2 is 2.00 bits per heavy atom. The number of oxazole rings is 1. The van der Waals surface area contributed by atoms with Gasteiger partial charge in [-0.25, -0.2) is 4.98 Å². The Labute approximate surface area is 149 Å². The molecule has 0 saturated carbocycles. The van der Waals surface area contributed by atoms with Gasteiger partial charge in [0.1, 0.15) is 5.76 Å². The first-order valence-electron chi connectivity index (χ1n) is 6.84. The van der Waals surface area contributed by atoms with Gasteiger partial charge in [0, 0.05) is 26.6 Å². The minimum Gasteiger partial charge on any atom is -0.443 e. The fourth-order valence-corrected chi connectivity index (χ4v) is 1.44. The van der Waals surface area contributed by atoms with Crippen LogP contribution in [0.5, 0.6) is 0 Å². The van der Waals surface area contributed by atoms with E-state index in [0.29, 0.717) is 18.4 Å². The van der Waals surface area contributed by atoms with E-state index in [1.807, 2.05) is 0 Å². The second-order valence-electron chi connectivity index (χ2n) is 5.94. The molecule has 1 rings (SSSR count). The van der Waals surface area contributed by atoms with Crippen LogP contribution in [0, 0.1) is 0 Å². The van der Waals surface area contributed by atoms with Crippen molar-refractivity contribution in [2.75, 3.05) is 27.7 Å². The largest absolute Gasteiger partial charge is 0.443 e. The summed E-state index contributed by atoms with van der Waals surface area (Å²) in [6.07, 6.45) is 1.74. The lowest BCUT2D eigenvalue weighted by Gasteiger charge is -2.14. The van der Waals surface area contributed by atoms with Gasteiger partial charge >= 0.3 is 0 Å². The summed E-state index contributed by atoms with van der Waals surface area (Å²) in [5.74, 6) is 1.93. The Morgan fingerprint density at radius 1 is 1.36 bits per heavy atom. The third-order valence-corrected chi connectivity index (χ3v) is 2.83. The van der Waals surface area contributed by atoms with Gasteiger partial charge < -0.3 is 20.0 Å². The number of nitrogens with one attached hydrogen (secondary N) is 2. The number of aromatic nitrogens is 1. The number of guanidine groups is 1. The van der Waals surface area contributed by atoms with Crippen LogP contribution < -0.4 is 10.6 Å². The van der Waals surface area contributed by atoms with E-state index < -0.39 is 0 Å². The summed E-state index contributed by atoms with van der Waals surface area (Å²) in [7, 11) is 5.06. The van der Waals surface area contributed by atoms with Gasteiger partial charge in [0.05, 0.1) is 19.3 Å². The van der Waals surface area contributed by atoms with Gasteiger partial charge in [-0.3, -0.25) is 9.79 Å². The summed E-state index contributed by atoms with van der Waals surface area (Å²) < 4.78 is 5.68. The molecule has 0 fully saturated rings. The number of aliphatic imine (C=N–C) groups is 1. The van der Waals surface area contributed by atoms with Crippen LogP contribution >= 0.6 is 24.0 Å². The molecule has 0 bridgehead atoms. The molecule has 8 heteroatoms. The Balaban J connectivity index is 0.00000441. The van der Waals surface area contributed by atoms with E-state index in [2.05, 4.69) is 41.4 Å².